The Labute approximate surface area is 160 Å². The molecule has 0 saturated heterocycles. The number of aromatic nitrogens is 2. The van der Waals surface area contributed by atoms with Crippen LogP contribution < -0.4 is 0 Å². The fourth-order valence-electron chi connectivity index (χ4n) is 3.76. The average molecular weight is 362 g/mol. The topological polar surface area (TPSA) is 52.1 Å². The van der Waals surface area contributed by atoms with Gasteiger partial charge in [-0.25, -0.2) is 9.97 Å². The van der Waals surface area contributed by atoms with E-state index < -0.39 is 0 Å². The van der Waals surface area contributed by atoms with E-state index in [2.05, 4.69) is 22.1 Å². The van der Waals surface area contributed by atoms with Crippen LogP contribution in [-0.2, 0) is 0 Å². The van der Waals surface area contributed by atoms with Crippen molar-refractivity contribution in [2.75, 3.05) is 0 Å². The van der Waals surface area contributed by atoms with E-state index in [-0.39, 0.29) is 0 Å². The number of furan rings is 2. The van der Waals surface area contributed by atoms with Crippen LogP contribution in [0.5, 0.6) is 0 Å². The van der Waals surface area contributed by atoms with Crippen LogP contribution >= 0.6 is 0 Å². The van der Waals surface area contributed by atoms with Gasteiger partial charge in [0.1, 0.15) is 17.5 Å². The highest BCUT2D eigenvalue weighted by Crippen LogP contribution is 2.40. The summed E-state index contributed by atoms with van der Waals surface area (Å²) in [4.78, 5) is 8.93. The molecule has 3 aromatic heterocycles. The summed E-state index contributed by atoms with van der Waals surface area (Å²) < 4.78 is 12.1. The normalized spacial score (nSPS) is 11.6. The first kappa shape index (κ1) is 15.2. The Kier molecular flexibility index (Phi) is 3.14. The number of para-hydroxylation sites is 2. The molecule has 4 nitrogen and oxygen atoms in total. The number of hydrogen-bond acceptors (Lipinski definition) is 4. The molecule has 0 aliphatic heterocycles. The van der Waals surface area contributed by atoms with Gasteiger partial charge >= 0.3 is 0 Å². The highest BCUT2D eigenvalue weighted by Gasteiger charge is 2.18. The summed E-state index contributed by atoms with van der Waals surface area (Å²) in [5, 5.41) is 3.09. The van der Waals surface area contributed by atoms with Crippen LogP contribution in [-0.4, -0.2) is 9.97 Å². The van der Waals surface area contributed by atoms with Crippen molar-refractivity contribution in [2.24, 2.45) is 0 Å². The molecule has 132 valence electrons. The first-order chi connectivity index (χ1) is 13.9. The van der Waals surface area contributed by atoms with Crippen LogP contribution in [0.3, 0.4) is 0 Å². The first-order valence-corrected chi connectivity index (χ1v) is 9.09. The Morgan fingerprint density at radius 3 is 2.36 bits per heavy atom. The van der Waals surface area contributed by atoms with Gasteiger partial charge in [-0.2, -0.15) is 0 Å². The van der Waals surface area contributed by atoms with Crippen LogP contribution in [0.25, 0.3) is 55.6 Å². The van der Waals surface area contributed by atoms with Gasteiger partial charge in [0.05, 0.1) is 16.8 Å². The quantitative estimate of drug-likeness (QED) is 0.355. The van der Waals surface area contributed by atoms with E-state index >= 15 is 0 Å². The number of hydrogen-bond donors (Lipinski definition) is 0. The maximum Gasteiger partial charge on any atom is 0.299 e. The molecule has 6 aromatic rings. The van der Waals surface area contributed by atoms with E-state index in [9.17, 15) is 0 Å². The molecular weight excluding hydrogens is 348 g/mol. The molecule has 0 bridgehead atoms. The van der Waals surface area contributed by atoms with Crippen molar-refractivity contribution in [1.29, 1.82) is 0 Å². The lowest BCUT2D eigenvalue weighted by molar-refractivity contribution is 0.525. The molecule has 3 heterocycles. The minimum atomic E-state index is 0.543. The molecule has 0 aliphatic carbocycles. The fourth-order valence-corrected chi connectivity index (χ4v) is 3.76. The van der Waals surface area contributed by atoms with Crippen molar-refractivity contribution in [2.45, 2.75) is 0 Å². The van der Waals surface area contributed by atoms with Crippen LogP contribution in [0.15, 0.2) is 94.0 Å². The molecule has 0 radical (unpaired) electrons. The summed E-state index contributed by atoms with van der Waals surface area (Å²) in [5.74, 6) is 0.543. The Morgan fingerprint density at radius 2 is 1.43 bits per heavy atom. The largest absolute Gasteiger partial charge is 0.425 e. The highest BCUT2D eigenvalue weighted by molar-refractivity contribution is 6.19. The Bertz CT molecular complexity index is 1460. The maximum atomic E-state index is 6.14. The van der Waals surface area contributed by atoms with Gasteiger partial charge in [0.25, 0.3) is 5.78 Å². The Balaban J connectivity index is 1.60. The van der Waals surface area contributed by atoms with E-state index in [1.165, 1.54) is 0 Å². The Morgan fingerprint density at radius 1 is 0.643 bits per heavy atom. The number of rotatable bonds is 2. The van der Waals surface area contributed by atoms with E-state index in [1.807, 2.05) is 66.7 Å². The van der Waals surface area contributed by atoms with Gasteiger partial charge in [0, 0.05) is 21.9 Å². The van der Waals surface area contributed by atoms with Gasteiger partial charge in [-0.05, 0) is 18.2 Å². The van der Waals surface area contributed by atoms with Crippen LogP contribution in [0.4, 0.5) is 0 Å². The lowest BCUT2D eigenvalue weighted by Gasteiger charge is -2.05. The fraction of sp³-hybridized carbons (Fsp3) is 0. The molecule has 3 aromatic carbocycles. The molecule has 0 spiro atoms. The van der Waals surface area contributed by atoms with Crippen molar-refractivity contribution < 1.29 is 8.83 Å². The van der Waals surface area contributed by atoms with Crippen LogP contribution in [0.1, 0.15) is 0 Å². The standard InChI is InChI=1S/C24H14N2O2/c1-2-7-15(8-3-1)19-13-20(26-14-25-19)16-10-6-11-18-22-17-9-4-5-12-21(17)27-24(22)28-23(16)18/h1-14H. The van der Waals surface area contributed by atoms with Crippen molar-refractivity contribution >= 4 is 33.1 Å². The zero-order valence-corrected chi connectivity index (χ0v) is 14.8. The summed E-state index contributed by atoms with van der Waals surface area (Å²) in [7, 11) is 0. The predicted molar refractivity (Wildman–Crippen MR) is 110 cm³/mol. The van der Waals surface area contributed by atoms with Crippen molar-refractivity contribution in [3.8, 4) is 22.5 Å². The molecule has 0 fully saturated rings. The second-order valence-corrected chi connectivity index (χ2v) is 6.70. The smallest absolute Gasteiger partial charge is 0.299 e. The molecule has 0 saturated carbocycles. The molecule has 28 heavy (non-hydrogen) atoms. The third-order valence-electron chi connectivity index (χ3n) is 5.05. The SMILES string of the molecule is c1ccc(-c2cc(-c3cccc4c3oc3oc5ccccc5c34)ncn2)cc1. The summed E-state index contributed by atoms with van der Waals surface area (Å²) in [6, 6.07) is 26.2. The third kappa shape index (κ3) is 2.18. The van der Waals surface area contributed by atoms with Gasteiger partial charge in [-0.3, -0.25) is 0 Å². The number of fused-ring (bicyclic) bond motifs is 5. The van der Waals surface area contributed by atoms with Gasteiger partial charge in [-0.15, -0.1) is 0 Å². The number of benzene rings is 3. The zero-order valence-electron chi connectivity index (χ0n) is 14.8. The third-order valence-corrected chi connectivity index (χ3v) is 5.05. The summed E-state index contributed by atoms with van der Waals surface area (Å²) in [6.07, 6.45) is 1.60. The predicted octanol–water partition coefficient (Wildman–Crippen LogP) is 6.46. The van der Waals surface area contributed by atoms with Crippen molar-refractivity contribution in [1.82, 2.24) is 9.97 Å². The van der Waals surface area contributed by atoms with E-state index in [0.29, 0.717) is 5.78 Å². The molecule has 0 amide bonds. The van der Waals surface area contributed by atoms with E-state index in [0.717, 1.165) is 49.8 Å². The van der Waals surface area contributed by atoms with Crippen molar-refractivity contribution in [3.05, 3.63) is 85.2 Å². The maximum absolute atomic E-state index is 6.14. The highest BCUT2D eigenvalue weighted by atomic mass is 16.5. The second-order valence-electron chi connectivity index (χ2n) is 6.70. The lowest BCUT2D eigenvalue weighted by Crippen LogP contribution is -1.89. The molecule has 0 N–H and O–H groups in total. The van der Waals surface area contributed by atoms with Gasteiger partial charge in [0.2, 0.25) is 0 Å². The molecule has 0 unspecified atom stereocenters. The van der Waals surface area contributed by atoms with Gasteiger partial charge < -0.3 is 8.83 Å². The molecule has 4 heteroatoms. The minimum absolute atomic E-state index is 0.543. The van der Waals surface area contributed by atoms with Crippen LogP contribution in [0, 0.1) is 0 Å². The molecule has 0 atom stereocenters. The van der Waals surface area contributed by atoms with E-state index in [4.69, 9.17) is 8.83 Å². The zero-order chi connectivity index (χ0) is 18.5. The summed E-state index contributed by atoms with van der Waals surface area (Å²) >= 11 is 0. The first-order valence-electron chi connectivity index (χ1n) is 9.09. The number of nitrogens with zero attached hydrogens (tertiary/aromatic N) is 2. The Hall–Kier alpha value is -3.92. The van der Waals surface area contributed by atoms with Crippen LogP contribution in [0.2, 0.25) is 0 Å². The van der Waals surface area contributed by atoms with Crippen molar-refractivity contribution in [3.63, 3.8) is 0 Å². The molecular formula is C24H14N2O2. The second kappa shape index (κ2) is 5.79. The van der Waals surface area contributed by atoms with Gasteiger partial charge in [-0.1, -0.05) is 60.7 Å². The molecule has 0 aliphatic rings. The summed E-state index contributed by atoms with van der Waals surface area (Å²) in [5.41, 5.74) is 5.28. The average Bonchev–Trinajstić information content (AvgIpc) is 3.30. The van der Waals surface area contributed by atoms with Gasteiger partial charge in [0.15, 0.2) is 0 Å². The lowest BCUT2D eigenvalue weighted by atomic mass is 10.0. The monoisotopic (exact) mass is 362 g/mol. The molecule has 6 rings (SSSR count). The minimum Gasteiger partial charge on any atom is -0.425 e. The van der Waals surface area contributed by atoms with E-state index in [1.54, 1.807) is 6.33 Å². The summed E-state index contributed by atoms with van der Waals surface area (Å²) in [6.45, 7) is 0.